The molecule has 1 saturated heterocycles. The third-order valence-electron chi connectivity index (χ3n) is 4.22. The fourth-order valence-corrected chi connectivity index (χ4v) is 2.89. The molecule has 1 aromatic heterocycles. The minimum absolute atomic E-state index is 0.0582. The van der Waals surface area contributed by atoms with Crippen molar-refractivity contribution in [2.45, 2.75) is 25.8 Å². The molecule has 0 bridgehead atoms. The first kappa shape index (κ1) is 16.2. The zero-order valence-electron chi connectivity index (χ0n) is 13.8. The lowest BCUT2D eigenvalue weighted by molar-refractivity contribution is -0.119. The summed E-state index contributed by atoms with van der Waals surface area (Å²) in [7, 11) is 1.76. The molecule has 0 spiro atoms. The SMILES string of the molecule is CN(Cc1ccccn1)C(=O)c1ccc(N2CCCCC2=O)cc1. The van der Waals surface area contributed by atoms with Crippen LogP contribution in [0.1, 0.15) is 35.3 Å². The lowest BCUT2D eigenvalue weighted by atomic mass is 10.1. The van der Waals surface area contributed by atoms with Crippen LogP contribution >= 0.6 is 0 Å². The highest BCUT2D eigenvalue weighted by atomic mass is 16.2. The van der Waals surface area contributed by atoms with Crippen molar-refractivity contribution in [1.29, 1.82) is 0 Å². The van der Waals surface area contributed by atoms with Crippen molar-refractivity contribution in [3.8, 4) is 0 Å². The van der Waals surface area contributed by atoms with Crippen LogP contribution in [0.3, 0.4) is 0 Å². The molecule has 24 heavy (non-hydrogen) atoms. The van der Waals surface area contributed by atoms with E-state index in [1.54, 1.807) is 35.2 Å². The van der Waals surface area contributed by atoms with E-state index in [9.17, 15) is 9.59 Å². The van der Waals surface area contributed by atoms with Gasteiger partial charge >= 0.3 is 0 Å². The summed E-state index contributed by atoms with van der Waals surface area (Å²) in [4.78, 5) is 32.2. The van der Waals surface area contributed by atoms with Gasteiger partial charge in [0.1, 0.15) is 0 Å². The molecule has 3 rings (SSSR count). The maximum absolute atomic E-state index is 12.5. The number of aromatic nitrogens is 1. The van der Waals surface area contributed by atoms with E-state index < -0.39 is 0 Å². The van der Waals surface area contributed by atoms with Crippen LogP contribution in [0.2, 0.25) is 0 Å². The second kappa shape index (κ2) is 7.25. The third-order valence-corrected chi connectivity index (χ3v) is 4.22. The number of benzene rings is 1. The Balaban J connectivity index is 1.68. The van der Waals surface area contributed by atoms with Crippen molar-refractivity contribution in [2.75, 3.05) is 18.5 Å². The predicted octanol–water partition coefficient (Wildman–Crippen LogP) is 2.87. The average molecular weight is 323 g/mol. The second-order valence-electron chi connectivity index (χ2n) is 6.03. The minimum atomic E-state index is -0.0582. The Hall–Kier alpha value is -2.69. The normalized spacial score (nSPS) is 14.5. The first-order valence-electron chi connectivity index (χ1n) is 8.21. The summed E-state index contributed by atoms with van der Waals surface area (Å²) in [6, 6.07) is 12.9. The van der Waals surface area contributed by atoms with Gasteiger partial charge in [0.2, 0.25) is 5.91 Å². The minimum Gasteiger partial charge on any atom is -0.336 e. The van der Waals surface area contributed by atoms with Gasteiger partial charge in [-0.2, -0.15) is 0 Å². The van der Waals surface area contributed by atoms with Gasteiger partial charge in [0.25, 0.3) is 5.91 Å². The summed E-state index contributed by atoms with van der Waals surface area (Å²) < 4.78 is 0. The summed E-state index contributed by atoms with van der Waals surface area (Å²) in [5.74, 6) is 0.102. The van der Waals surface area contributed by atoms with Crippen LogP contribution in [0.5, 0.6) is 0 Å². The first-order valence-corrected chi connectivity index (χ1v) is 8.21. The molecular formula is C19H21N3O2. The van der Waals surface area contributed by atoms with Crippen LogP contribution < -0.4 is 4.90 Å². The molecule has 0 unspecified atom stereocenters. The number of hydrogen-bond acceptors (Lipinski definition) is 3. The predicted molar refractivity (Wildman–Crippen MR) is 92.7 cm³/mol. The number of nitrogens with zero attached hydrogens (tertiary/aromatic N) is 3. The number of pyridine rings is 1. The van der Waals surface area contributed by atoms with Gasteiger partial charge in [0.05, 0.1) is 12.2 Å². The molecular weight excluding hydrogens is 302 g/mol. The van der Waals surface area contributed by atoms with Gasteiger partial charge in [0, 0.05) is 37.5 Å². The van der Waals surface area contributed by atoms with Crippen LogP contribution in [0.15, 0.2) is 48.7 Å². The van der Waals surface area contributed by atoms with E-state index in [4.69, 9.17) is 0 Å². The van der Waals surface area contributed by atoms with Crippen molar-refractivity contribution >= 4 is 17.5 Å². The fourth-order valence-electron chi connectivity index (χ4n) is 2.89. The Morgan fingerprint density at radius 3 is 2.62 bits per heavy atom. The van der Waals surface area contributed by atoms with Crippen LogP contribution in [-0.2, 0) is 11.3 Å². The summed E-state index contributed by atoms with van der Waals surface area (Å²) in [6.45, 7) is 1.22. The first-order chi connectivity index (χ1) is 11.6. The Bertz CT molecular complexity index is 713. The lowest BCUT2D eigenvalue weighted by Gasteiger charge is -2.27. The quantitative estimate of drug-likeness (QED) is 0.869. The molecule has 124 valence electrons. The smallest absolute Gasteiger partial charge is 0.253 e. The topological polar surface area (TPSA) is 53.5 Å². The second-order valence-corrected chi connectivity index (χ2v) is 6.03. The standard InChI is InChI=1S/C19H21N3O2/c1-21(14-16-6-2-4-12-20-16)19(24)15-8-10-17(11-9-15)22-13-5-3-7-18(22)23/h2,4,6,8-12H,3,5,7,13-14H2,1H3. The molecule has 5 nitrogen and oxygen atoms in total. The molecule has 2 aromatic rings. The van der Waals surface area contributed by atoms with Crippen LogP contribution in [-0.4, -0.2) is 35.3 Å². The number of rotatable bonds is 4. The number of piperidine rings is 1. The monoisotopic (exact) mass is 323 g/mol. The maximum atomic E-state index is 12.5. The van der Waals surface area contributed by atoms with E-state index >= 15 is 0 Å². The van der Waals surface area contributed by atoms with Gasteiger partial charge in [0.15, 0.2) is 0 Å². The zero-order valence-corrected chi connectivity index (χ0v) is 13.8. The lowest BCUT2D eigenvalue weighted by Crippen LogP contribution is -2.35. The van der Waals surface area contributed by atoms with E-state index in [-0.39, 0.29) is 11.8 Å². The molecule has 0 saturated carbocycles. The molecule has 0 N–H and O–H groups in total. The number of anilines is 1. The highest BCUT2D eigenvalue weighted by molar-refractivity contribution is 5.96. The van der Waals surface area contributed by atoms with Crippen LogP contribution in [0.4, 0.5) is 5.69 Å². The molecule has 1 aliphatic heterocycles. The van der Waals surface area contributed by atoms with Crippen molar-refractivity contribution in [2.24, 2.45) is 0 Å². The Labute approximate surface area is 141 Å². The Morgan fingerprint density at radius 2 is 1.96 bits per heavy atom. The number of carbonyl (C=O) groups excluding carboxylic acids is 2. The summed E-state index contributed by atoms with van der Waals surface area (Å²) in [6.07, 6.45) is 4.31. The molecule has 1 fully saturated rings. The summed E-state index contributed by atoms with van der Waals surface area (Å²) >= 11 is 0. The molecule has 0 radical (unpaired) electrons. The van der Waals surface area contributed by atoms with E-state index in [2.05, 4.69) is 4.98 Å². The largest absolute Gasteiger partial charge is 0.336 e. The molecule has 1 aliphatic rings. The average Bonchev–Trinajstić information content (AvgIpc) is 2.62. The number of amides is 2. The van der Waals surface area contributed by atoms with Crippen molar-refractivity contribution < 1.29 is 9.59 Å². The Morgan fingerprint density at radius 1 is 1.17 bits per heavy atom. The summed E-state index contributed by atoms with van der Waals surface area (Å²) in [5, 5.41) is 0. The zero-order chi connectivity index (χ0) is 16.9. The fraction of sp³-hybridized carbons (Fsp3) is 0.316. The van der Waals surface area contributed by atoms with E-state index in [0.717, 1.165) is 30.8 Å². The van der Waals surface area contributed by atoms with Crippen molar-refractivity contribution in [3.63, 3.8) is 0 Å². The van der Waals surface area contributed by atoms with Crippen molar-refractivity contribution in [3.05, 3.63) is 59.9 Å². The van der Waals surface area contributed by atoms with Gasteiger partial charge < -0.3 is 9.80 Å². The van der Waals surface area contributed by atoms with Gasteiger partial charge in [-0.05, 0) is 49.2 Å². The third kappa shape index (κ3) is 3.62. The molecule has 2 heterocycles. The van der Waals surface area contributed by atoms with Crippen LogP contribution in [0, 0.1) is 0 Å². The van der Waals surface area contributed by atoms with Crippen LogP contribution in [0.25, 0.3) is 0 Å². The molecule has 0 aliphatic carbocycles. The van der Waals surface area contributed by atoms with E-state index in [1.807, 2.05) is 30.3 Å². The Kier molecular flexibility index (Phi) is 4.89. The van der Waals surface area contributed by atoms with Gasteiger partial charge in [-0.25, -0.2) is 0 Å². The number of hydrogen-bond donors (Lipinski definition) is 0. The van der Waals surface area contributed by atoms with Gasteiger partial charge in [-0.1, -0.05) is 6.07 Å². The maximum Gasteiger partial charge on any atom is 0.253 e. The van der Waals surface area contributed by atoms with Crippen molar-refractivity contribution in [1.82, 2.24) is 9.88 Å². The summed E-state index contributed by atoms with van der Waals surface area (Å²) in [5.41, 5.74) is 2.33. The van der Waals surface area contributed by atoms with Gasteiger partial charge in [-0.3, -0.25) is 14.6 Å². The van der Waals surface area contributed by atoms with E-state index in [1.165, 1.54) is 0 Å². The highest BCUT2D eigenvalue weighted by Crippen LogP contribution is 2.21. The van der Waals surface area contributed by atoms with E-state index in [0.29, 0.717) is 18.5 Å². The molecule has 5 heteroatoms. The molecule has 2 amide bonds. The molecule has 1 aromatic carbocycles. The number of carbonyl (C=O) groups is 2. The highest BCUT2D eigenvalue weighted by Gasteiger charge is 2.20. The molecule has 0 atom stereocenters. The van der Waals surface area contributed by atoms with Gasteiger partial charge in [-0.15, -0.1) is 0 Å².